The van der Waals surface area contributed by atoms with Crippen molar-refractivity contribution in [2.45, 2.75) is 44.1 Å². The Morgan fingerprint density at radius 3 is 2.83 bits per heavy atom. The molecule has 1 aromatic carbocycles. The number of nitrogens with two attached hydrogens (primary N) is 1. The molecule has 100 valence electrons. The third-order valence-electron chi connectivity index (χ3n) is 3.46. The van der Waals surface area contributed by atoms with E-state index in [1.165, 1.54) is 24.0 Å². The van der Waals surface area contributed by atoms with E-state index in [-0.39, 0.29) is 6.04 Å². The summed E-state index contributed by atoms with van der Waals surface area (Å²) in [5, 5.41) is 0.371. The van der Waals surface area contributed by atoms with Gasteiger partial charge in [0.1, 0.15) is 0 Å². The van der Waals surface area contributed by atoms with Crippen molar-refractivity contribution >= 4 is 11.8 Å². The van der Waals surface area contributed by atoms with E-state index in [0.29, 0.717) is 11.4 Å². The normalized spacial score (nSPS) is 22.9. The Kier molecular flexibility index (Phi) is 5.10. The summed E-state index contributed by atoms with van der Waals surface area (Å²) in [4.78, 5) is 0. The zero-order chi connectivity index (χ0) is 13.0. The number of hydrogen-bond acceptors (Lipinski definition) is 3. The lowest BCUT2D eigenvalue weighted by Crippen LogP contribution is -2.24. The van der Waals surface area contributed by atoms with Crippen LogP contribution in [0.25, 0.3) is 0 Å². The molecule has 0 aliphatic carbocycles. The van der Waals surface area contributed by atoms with Crippen molar-refractivity contribution in [3.63, 3.8) is 0 Å². The quantitative estimate of drug-likeness (QED) is 0.887. The van der Waals surface area contributed by atoms with Gasteiger partial charge < -0.3 is 10.5 Å². The molecule has 0 bridgehead atoms. The van der Waals surface area contributed by atoms with Crippen LogP contribution >= 0.6 is 11.8 Å². The average Bonchev–Trinajstić information content (AvgIpc) is 2.84. The van der Waals surface area contributed by atoms with Crippen LogP contribution in [0.1, 0.15) is 36.1 Å². The molecule has 0 radical (unpaired) electrons. The third-order valence-corrected chi connectivity index (χ3v) is 5.06. The van der Waals surface area contributed by atoms with E-state index in [1.807, 2.05) is 11.8 Å². The first-order valence-electron chi connectivity index (χ1n) is 6.73. The maximum absolute atomic E-state index is 6.16. The number of ether oxygens (including phenoxy) is 1. The Morgan fingerprint density at radius 1 is 1.44 bits per heavy atom. The molecule has 1 aliphatic rings. The highest BCUT2D eigenvalue weighted by atomic mass is 32.2. The Labute approximate surface area is 114 Å². The zero-order valence-corrected chi connectivity index (χ0v) is 12.1. The summed E-state index contributed by atoms with van der Waals surface area (Å²) in [6.45, 7) is 5.19. The van der Waals surface area contributed by atoms with Gasteiger partial charge in [-0.3, -0.25) is 0 Å². The van der Waals surface area contributed by atoms with E-state index in [1.54, 1.807) is 0 Å². The maximum Gasteiger partial charge on any atom is 0.0666 e. The van der Waals surface area contributed by atoms with Crippen LogP contribution in [-0.4, -0.2) is 24.5 Å². The van der Waals surface area contributed by atoms with Gasteiger partial charge >= 0.3 is 0 Å². The van der Waals surface area contributed by atoms with Crippen molar-refractivity contribution < 1.29 is 4.74 Å². The van der Waals surface area contributed by atoms with Gasteiger partial charge in [0.05, 0.1) is 6.10 Å². The van der Waals surface area contributed by atoms with Crippen LogP contribution in [0.5, 0.6) is 0 Å². The molecule has 0 aromatic heterocycles. The summed E-state index contributed by atoms with van der Waals surface area (Å²) in [6.07, 6.45) is 2.84. The van der Waals surface area contributed by atoms with Gasteiger partial charge in [0.15, 0.2) is 0 Å². The minimum Gasteiger partial charge on any atom is -0.377 e. The summed E-state index contributed by atoms with van der Waals surface area (Å²) in [5.74, 6) is 1.06. The number of thioether (sulfide) groups is 1. The summed E-state index contributed by atoms with van der Waals surface area (Å²) in [7, 11) is 0. The highest BCUT2D eigenvalue weighted by Gasteiger charge is 2.22. The summed E-state index contributed by atoms with van der Waals surface area (Å²) in [6, 6.07) is 8.72. The second-order valence-electron chi connectivity index (χ2n) is 5.10. The van der Waals surface area contributed by atoms with E-state index in [9.17, 15) is 0 Å². The molecule has 3 atom stereocenters. The first-order chi connectivity index (χ1) is 8.68. The number of hydrogen-bond donors (Lipinski definition) is 1. The van der Waals surface area contributed by atoms with Crippen molar-refractivity contribution in [3.05, 3.63) is 35.4 Å². The maximum atomic E-state index is 6.16. The fraction of sp³-hybridized carbons (Fsp3) is 0.600. The number of aryl methyl sites for hydroxylation is 1. The molecule has 1 heterocycles. The van der Waals surface area contributed by atoms with Gasteiger partial charge in [0, 0.05) is 23.7 Å². The molecular formula is C15H23NOS. The zero-order valence-electron chi connectivity index (χ0n) is 11.3. The molecule has 2 nitrogen and oxygen atoms in total. The van der Waals surface area contributed by atoms with E-state index in [0.717, 1.165) is 12.4 Å². The summed E-state index contributed by atoms with van der Waals surface area (Å²) >= 11 is 1.94. The molecule has 1 aromatic rings. The predicted octanol–water partition coefficient (Wildman–Crippen LogP) is 3.30. The lowest BCUT2D eigenvalue weighted by molar-refractivity contribution is 0.128. The lowest BCUT2D eigenvalue weighted by atomic mass is 10.0. The van der Waals surface area contributed by atoms with Gasteiger partial charge in [0.2, 0.25) is 0 Å². The Bertz CT molecular complexity index is 375. The molecule has 0 saturated carbocycles. The van der Waals surface area contributed by atoms with E-state index < -0.39 is 0 Å². The fourth-order valence-electron chi connectivity index (χ4n) is 2.42. The molecule has 2 N–H and O–H groups in total. The molecule has 0 amide bonds. The lowest BCUT2D eigenvalue weighted by Gasteiger charge is -2.24. The van der Waals surface area contributed by atoms with Gasteiger partial charge in [0.25, 0.3) is 0 Å². The van der Waals surface area contributed by atoms with Crippen LogP contribution in [0.2, 0.25) is 0 Å². The Morgan fingerprint density at radius 2 is 2.22 bits per heavy atom. The first kappa shape index (κ1) is 13.9. The topological polar surface area (TPSA) is 35.2 Å². The SMILES string of the molecule is Cc1ccccc1C(SCC1CCCO1)C(C)N. The van der Waals surface area contributed by atoms with Gasteiger partial charge in [-0.15, -0.1) is 11.8 Å². The Balaban J connectivity index is 2.01. The van der Waals surface area contributed by atoms with Crippen molar-refractivity contribution in [2.75, 3.05) is 12.4 Å². The van der Waals surface area contributed by atoms with Crippen LogP contribution in [0.3, 0.4) is 0 Å². The first-order valence-corrected chi connectivity index (χ1v) is 7.77. The van der Waals surface area contributed by atoms with Crippen molar-refractivity contribution in [3.8, 4) is 0 Å². The minimum atomic E-state index is 0.164. The molecule has 3 heteroatoms. The van der Waals surface area contributed by atoms with Crippen molar-refractivity contribution in [1.29, 1.82) is 0 Å². The van der Waals surface area contributed by atoms with E-state index >= 15 is 0 Å². The Hall–Kier alpha value is -0.510. The summed E-state index contributed by atoms with van der Waals surface area (Å²) in [5.41, 5.74) is 8.86. The van der Waals surface area contributed by atoms with Crippen molar-refractivity contribution in [2.24, 2.45) is 5.73 Å². The van der Waals surface area contributed by atoms with Gasteiger partial charge in [-0.25, -0.2) is 0 Å². The van der Waals surface area contributed by atoms with Crippen LogP contribution < -0.4 is 5.73 Å². The van der Waals surface area contributed by atoms with Gasteiger partial charge in [-0.1, -0.05) is 24.3 Å². The average molecular weight is 265 g/mol. The van der Waals surface area contributed by atoms with Crippen LogP contribution in [0, 0.1) is 6.92 Å². The third kappa shape index (κ3) is 3.50. The van der Waals surface area contributed by atoms with Crippen LogP contribution in [0.15, 0.2) is 24.3 Å². The minimum absolute atomic E-state index is 0.164. The standard InChI is InChI=1S/C15H23NOS/c1-11-6-3-4-8-14(11)15(12(2)16)18-10-13-7-5-9-17-13/h3-4,6,8,12-13,15H,5,7,9-10,16H2,1-2H3. The van der Waals surface area contributed by atoms with Gasteiger partial charge in [-0.05, 0) is 37.8 Å². The molecule has 2 rings (SSSR count). The van der Waals surface area contributed by atoms with E-state index in [2.05, 4.69) is 38.1 Å². The van der Waals surface area contributed by atoms with Crippen LogP contribution in [0.4, 0.5) is 0 Å². The smallest absolute Gasteiger partial charge is 0.0666 e. The second-order valence-corrected chi connectivity index (χ2v) is 6.28. The molecular weight excluding hydrogens is 242 g/mol. The second kappa shape index (κ2) is 6.60. The predicted molar refractivity (Wildman–Crippen MR) is 79.0 cm³/mol. The number of rotatable bonds is 5. The largest absolute Gasteiger partial charge is 0.377 e. The van der Waals surface area contributed by atoms with E-state index in [4.69, 9.17) is 10.5 Å². The molecule has 18 heavy (non-hydrogen) atoms. The molecule has 1 fully saturated rings. The number of benzene rings is 1. The van der Waals surface area contributed by atoms with Gasteiger partial charge in [-0.2, -0.15) is 0 Å². The summed E-state index contributed by atoms with van der Waals surface area (Å²) < 4.78 is 5.69. The monoisotopic (exact) mass is 265 g/mol. The molecule has 0 spiro atoms. The molecule has 1 aliphatic heterocycles. The van der Waals surface area contributed by atoms with Crippen LogP contribution in [-0.2, 0) is 4.74 Å². The highest BCUT2D eigenvalue weighted by molar-refractivity contribution is 7.99. The molecule has 1 saturated heterocycles. The molecule has 3 unspecified atom stereocenters. The highest BCUT2D eigenvalue weighted by Crippen LogP contribution is 2.35. The van der Waals surface area contributed by atoms with Crippen molar-refractivity contribution in [1.82, 2.24) is 0 Å². The fourth-order valence-corrected chi connectivity index (χ4v) is 3.85.